The summed E-state index contributed by atoms with van der Waals surface area (Å²) in [6.07, 6.45) is 10.8. The number of halogens is 2. The van der Waals surface area contributed by atoms with Crippen molar-refractivity contribution in [3.63, 3.8) is 0 Å². The van der Waals surface area contributed by atoms with Crippen LogP contribution in [0.5, 0.6) is 5.75 Å². The zero-order chi connectivity index (χ0) is 23.3. The van der Waals surface area contributed by atoms with Crippen molar-refractivity contribution in [1.82, 2.24) is 0 Å². The fourth-order valence-corrected chi connectivity index (χ4v) is 7.86. The number of hydrogen-bond acceptors (Lipinski definition) is 2. The molecule has 4 rings (SSSR count). The minimum atomic E-state index is -2.01. The summed E-state index contributed by atoms with van der Waals surface area (Å²) in [6.45, 7) is 11.7. The van der Waals surface area contributed by atoms with E-state index in [2.05, 4.69) is 71.8 Å². The summed E-state index contributed by atoms with van der Waals surface area (Å²) < 4.78 is 14.3. The fraction of sp³-hybridized carbons (Fsp3) is 0.630. The summed E-state index contributed by atoms with van der Waals surface area (Å²) in [6, 6.07) is 2.30. The molecule has 0 heterocycles. The number of hydrogen-bond donors (Lipinski definition) is 0. The first-order valence-corrected chi connectivity index (χ1v) is 16.8. The molecule has 0 aromatic heterocycles. The number of ether oxygens (including phenoxy) is 1. The quantitative estimate of drug-likeness (QED) is 0.261. The Labute approximate surface area is 212 Å². The monoisotopic (exact) mass is 580 g/mol. The van der Waals surface area contributed by atoms with Crippen LogP contribution in [0.3, 0.4) is 0 Å². The SMILES string of the molecule is COc1c(Br)cc2c(c1C1=C(O[Si](C)(C)C(C)(C)C)C(Br)CC3=C1CCCC3)CCCC2. The van der Waals surface area contributed by atoms with Gasteiger partial charge in [0.2, 0.25) is 8.32 Å². The van der Waals surface area contributed by atoms with E-state index in [1.54, 1.807) is 11.1 Å². The number of methoxy groups -OCH3 is 1. The zero-order valence-electron chi connectivity index (χ0n) is 20.6. The highest BCUT2D eigenvalue weighted by atomic mass is 79.9. The molecule has 5 heteroatoms. The van der Waals surface area contributed by atoms with E-state index in [0.717, 1.165) is 35.9 Å². The van der Waals surface area contributed by atoms with Crippen molar-refractivity contribution >= 4 is 45.8 Å². The minimum absolute atomic E-state index is 0.153. The zero-order valence-corrected chi connectivity index (χ0v) is 24.8. The van der Waals surface area contributed by atoms with Gasteiger partial charge in [-0.05, 0) is 115 Å². The minimum Gasteiger partial charge on any atom is -0.545 e. The van der Waals surface area contributed by atoms with Gasteiger partial charge < -0.3 is 9.16 Å². The van der Waals surface area contributed by atoms with Crippen molar-refractivity contribution in [2.75, 3.05) is 7.11 Å². The molecule has 0 spiro atoms. The van der Waals surface area contributed by atoms with Crippen molar-refractivity contribution in [2.45, 2.75) is 102 Å². The van der Waals surface area contributed by atoms with Crippen LogP contribution in [-0.4, -0.2) is 20.3 Å². The van der Waals surface area contributed by atoms with Gasteiger partial charge in [-0.2, -0.15) is 0 Å². The maximum Gasteiger partial charge on any atom is 0.250 e. The van der Waals surface area contributed by atoms with E-state index in [4.69, 9.17) is 9.16 Å². The molecule has 0 N–H and O–H groups in total. The Balaban J connectivity index is 2.03. The Morgan fingerprint density at radius 2 is 1.66 bits per heavy atom. The van der Waals surface area contributed by atoms with Gasteiger partial charge in [0, 0.05) is 11.1 Å². The normalized spacial score (nSPS) is 21.9. The standard InChI is InChI=1S/C27H38Br2O2Si/c1-27(2,3)32(5,6)31-26-22(29)16-18-12-8-10-14-20(18)24(26)23-19-13-9-7-11-17(19)15-21(28)25(23)30-4/h15,22H,7-14,16H2,1-6H3. The molecule has 1 atom stereocenters. The van der Waals surface area contributed by atoms with Gasteiger partial charge in [0.25, 0.3) is 0 Å². The molecule has 0 amide bonds. The molecule has 0 fully saturated rings. The molecule has 32 heavy (non-hydrogen) atoms. The molecule has 0 bridgehead atoms. The lowest BCUT2D eigenvalue weighted by Crippen LogP contribution is -2.42. The average Bonchev–Trinajstić information content (AvgIpc) is 2.72. The Morgan fingerprint density at radius 1 is 1.00 bits per heavy atom. The summed E-state index contributed by atoms with van der Waals surface area (Å²) in [4.78, 5) is 0.228. The smallest absolute Gasteiger partial charge is 0.250 e. The third kappa shape index (κ3) is 4.43. The first kappa shape index (κ1) is 24.6. The van der Waals surface area contributed by atoms with Crippen LogP contribution in [-0.2, 0) is 17.3 Å². The first-order valence-electron chi connectivity index (χ1n) is 12.2. The van der Waals surface area contributed by atoms with Crippen LogP contribution in [0.4, 0.5) is 0 Å². The molecule has 176 valence electrons. The molecular formula is C27H38Br2O2Si. The summed E-state index contributed by atoms with van der Waals surface area (Å²) in [7, 11) is -0.187. The largest absolute Gasteiger partial charge is 0.545 e. The van der Waals surface area contributed by atoms with Crippen molar-refractivity contribution in [1.29, 1.82) is 0 Å². The van der Waals surface area contributed by atoms with Crippen LogP contribution in [0.2, 0.25) is 18.1 Å². The molecule has 1 aromatic carbocycles. The number of allylic oxidation sites excluding steroid dienone is 4. The summed E-state index contributed by atoms with van der Waals surface area (Å²) >= 11 is 7.95. The Kier molecular flexibility index (Phi) is 7.12. The molecule has 1 unspecified atom stereocenters. The van der Waals surface area contributed by atoms with Gasteiger partial charge in [0.15, 0.2) is 0 Å². The van der Waals surface area contributed by atoms with Crippen LogP contribution in [0.25, 0.3) is 5.57 Å². The molecule has 0 radical (unpaired) electrons. The molecule has 1 aromatic rings. The lowest BCUT2D eigenvalue weighted by molar-refractivity contribution is 0.368. The number of fused-ring (bicyclic) bond motifs is 1. The third-order valence-electron chi connectivity index (χ3n) is 8.02. The van der Waals surface area contributed by atoms with Gasteiger partial charge in [-0.1, -0.05) is 42.3 Å². The van der Waals surface area contributed by atoms with Crippen molar-refractivity contribution < 1.29 is 9.16 Å². The molecule has 0 aliphatic heterocycles. The molecule has 3 aliphatic carbocycles. The topological polar surface area (TPSA) is 18.5 Å². The van der Waals surface area contributed by atoms with Crippen LogP contribution in [0.1, 0.15) is 82.4 Å². The van der Waals surface area contributed by atoms with Crippen LogP contribution in [0, 0.1) is 0 Å². The highest BCUT2D eigenvalue weighted by Gasteiger charge is 2.43. The average molecular weight is 582 g/mol. The summed E-state index contributed by atoms with van der Waals surface area (Å²) in [5.41, 5.74) is 8.80. The maximum absolute atomic E-state index is 7.17. The van der Waals surface area contributed by atoms with Gasteiger partial charge in [-0.15, -0.1) is 0 Å². The second kappa shape index (κ2) is 9.26. The second-order valence-corrected chi connectivity index (χ2v) is 17.9. The van der Waals surface area contributed by atoms with Crippen LogP contribution in [0.15, 0.2) is 27.4 Å². The van der Waals surface area contributed by atoms with Gasteiger partial charge in [-0.25, -0.2) is 0 Å². The first-order chi connectivity index (χ1) is 15.0. The summed E-state index contributed by atoms with van der Waals surface area (Å²) in [5, 5.41) is 0.153. The Morgan fingerprint density at radius 3 is 2.34 bits per heavy atom. The van der Waals surface area contributed by atoms with E-state index >= 15 is 0 Å². The summed E-state index contributed by atoms with van der Waals surface area (Å²) in [5.74, 6) is 2.15. The molecule has 2 nitrogen and oxygen atoms in total. The Bertz CT molecular complexity index is 969. The van der Waals surface area contributed by atoms with Gasteiger partial charge >= 0.3 is 0 Å². The maximum atomic E-state index is 7.17. The lowest BCUT2D eigenvalue weighted by atomic mass is 9.75. The van der Waals surface area contributed by atoms with Crippen molar-refractivity contribution in [2.24, 2.45) is 0 Å². The van der Waals surface area contributed by atoms with E-state index in [-0.39, 0.29) is 9.87 Å². The molecule has 0 saturated heterocycles. The van der Waals surface area contributed by atoms with Gasteiger partial charge in [0.05, 0.1) is 16.4 Å². The highest BCUT2D eigenvalue weighted by molar-refractivity contribution is 9.10. The van der Waals surface area contributed by atoms with Crippen LogP contribution < -0.4 is 4.74 Å². The van der Waals surface area contributed by atoms with E-state index in [1.165, 1.54) is 60.1 Å². The van der Waals surface area contributed by atoms with Crippen molar-refractivity contribution in [3.8, 4) is 5.75 Å². The van der Waals surface area contributed by atoms with E-state index in [0.29, 0.717) is 0 Å². The number of alkyl halides is 1. The van der Waals surface area contributed by atoms with E-state index < -0.39 is 8.32 Å². The second-order valence-electron chi connectivity index (χ2n) is 11.2. The Hall–Kier alpha value is -0.523. The van der Waals surface area contributed by atoms with Crippen LogP contribution >= 0.6 is 31.9 Å². The fourth-order valence-electron chi connectivity index (χ4n) is 5.24. The number of aryl methyl sites for hydroxylation is 1. The highest BCUT2D eigenvalue weighted by Crippen LogP contribution is 2.53. The van der Waals surface area contributed by atoms with Gasteiger partial charge in [0.1, 0.15) is 11.5 Å². The predicted octanol–water partition coefficient (Wildman–Crippen LogP) is 9.11. The molecule has 3 aliphatic rings. The van der Waals surface area contributed by atoms with Crippen molar-refractivity contribution in [3.05, 3.63) is 44.1 Å². The number of benzene rings is 1. The number of rotatable bonds is 4. The predicted molar refractivity (Wildman–Crippen MR) is 145 cm³/mol. The third-order valence-corrected chi connectivity index (χ3v) is 13.7. The van der Waals surface area contributed by atoms with Gasteiger partial charge in [-0.3, -0.25) is 0 Å². The van der Waals surface area contributed by atoms with E-state index in [1.807, 2.05) is 7.11 Å². The molecular weight excluding hydrogens is 544 g/mol. The van der Waals surface area contributed by atoms with E-state index in [9.17, 15) is 0 Å². The molecule has 0 saturated carbocycles. The lowest BCUT2D eigenvalue weighted by Gasteiger charge is -2.42.